The van der Waals surface area contributed by atoms with Crippen LogP contribution in [0.5, 0.6) is 0 Å². The molecule has 3 N–H and O–H groups in total. The molecule has 1 aromatic rings. The van der Waals surface area contributed by atoms with Crippen LogP contribution in [0.3, 0.4) is 0 Å². The molecule has 0 radical (unpaired) electrons. The lowest BCUT2D eigenvalue weighted by Gasteiger charge is -2.15. The van der Waals surface area contributed by atoms with Crippen LogP contribution in [0.1, 0.15) is 5.56 Å². The molecule has 0 aliphatic rings. The summed E-state index contributed by atoms with van der Waals surface area (Å²) >= 11 is 0. The summed E-state index contributed by atoms with van der Waals surface area (Å²) in [5.41, 5.74) is -1.20. The van der Waals surface area contributed by atoms with Crippen molar-refractivity contribution in [2.45, 2.75) is 23.3 Å². The largest absolute Gasteiger partial charge is 0.479 e. The lowest BCUT2D eigenvalue weighted by atomic mass is 10.2. The van der Waals surface area contributed by atoms with Crippen LogP contribution in [0, 0.1) is 0 Å². The Labute approximate surface area is 117 Å². The van der Waals surface area contributed by atoms with Gasteiger partial charge in [-0.25, -0.2) is 13.2 Å². The molecule has 2 atom stereocenters. The highest BCUT2D eigenvalue weighted by Gasteiger charge is 2.33. The minimum atomic E-state index is -4.75. The maximum absolute atomic E-state index is 12.5. The van der Waals surface area contributed by atoms with Crippen molar-refractivity contribution < 1.29 is 41.7 Å². The topological polar surface area (TPSA) is 112 Å². The van der Waals surface area contributed by atoms with Crippen LogP contribution in [0.15, 0.2) is 29.2 Å². The van der Waals surface area contributed by atoms with Gasteiger partial charge in [0, 0.05) is 0 Å². The van der Waals surface area contributed by atoms with Crippen LogP contribution in [0.2, 0.25) is 0 Å². The monoisotopic (exact) mass is 328 g/mol. The van der Waals surface area contributed by atoms with E-state index in [9.17, 15) is 31.5 Å². The van der Waals surface area contributed by atoms with E-state index >= 15 is 0 Å². The summed E-state index contributed by atoms with van der Waals surface area (Å²) in [5.74, 6) is -3.07. The predicted molar refractivity (Wildman–Crippen MR) is 63.1 cm³/mol. The molecule has 0 saturated carbocycles. The second kappa shape index (κ2) is 6.00. The zero-order valence-corrected chi connectivity index (χ0v) is 11.1. The number of hydrogen-bond donors (Lipinski definition) is 3. The molecule has 0 bridgehead atoms. The van der Waals surface area contributed by atoms with Crippen LogP contribution >= 0.6 is 0 Å². The third-order valence-corrected chi connectivity index (χ3v) is 4.28. The first-order valence-corrected chi connectivity index (χ1v) is 7.09. The number of aliphatic hydroxyl groups is 2. The van der Waals surface area contributed by atoms with Crippen LogP contribution in [-0.4, -0.2) is 47.7 Å². The Balaban J connectivity index is 3.07. The van der Waals surface area contributed by atoms with Gasteiger partial charge in [-0.15, -0.1) is 0 Å². The van der Waals surface area contributed by atoms with E-state index in [1.165, 1.54) is 0 Å². The van der Waals surface area contributed by atoms with Gasteiger partial charge in [-0.3, -0.25) is 0 Å². The average Bonchev–Trinajstić information content (AvgIpc) is 2.36. The molecule has 1 rings (SSSR count). The Bertz CT molecular complexity index is 625. The first-order valence-electron chi connectivity index (χ1n) is 5.44. The van der Waals surface area contributed by atoms with Gasteiger partial charge in [-0.05, 0) is 18.2 Å². The van der Waals surface area contributed by atoms with Gasteiger partial charge in [0.05, 0.1) is 16.2 Å². The van der Waals surface area contributed by atoms with Crippen LogP contribution in [-0.2, 0) is 20.8 Å². The number of hydrogen-bond acceptors (Lipinski definition) is 5. The molecule has 0 spiro atoms. The zero-order chi connectivity index (χ0) is 16.4. The maximum Gasteiger partial charge on any atom is 0.416 e. The summed E-state index contributed by atoms with van der Waals surface area (Å²) in [4.78, 5) is 9.67. The Morgan fingerprint density at radius 1 is 1.24 bits per heavy atom. The minimum absolute atomic E-state index is 0.370. The minimum Gasteiger partial charge on any atom is -0.479 e. The number of aliphatic carboxylic acids is 1. The van der Waals surface area contributed by atoms with E-state index in [0.717, 1.165) is 12.1 Å². The Morgan fingerprint density at radius 3 is 2.29 bits per heavy atom. The fourth-order valence-electron chi connectivity index (χ4n) is 1.44. The lowest BCUT2D eigenvalue weighted by molar-refractivity contribution is -0.151. The molecular weight excluding hydrogens is 317 g/mol. The van der Waals surface area contributed by atoms with Gasteiger partial charge < -0.3 is 15.3 Å². The first kappa shape index (κ1) is 17.4. The molecule has 0 unspecified atom stereocenters. The number of halogens is 3. The van der Waals surface area contributed by atoms with E-state index in [4.69, 9.17) is 10.2 Å². The van der Waals surface area contributed by atoms with E-state index < -0.39 is 50.4 Å². The van der Waals surface area contributed by atoms with Gasteiger partial charge in [0.1, 0.15) is 6.10 Å². The molecule has 10 heteroatoms. The van der Waals surface area contributed by atoms with Gasteiger partial charge in [-0.1, -0.05) is 6.07 Å². The summed E-state index contributed by atoms with van der Waals surface area (Å²) in [6.45, 7) is 0. The summed E-state index contributed by atoms with van der Waals surface area (Å²) in [6, 6.07) is 2.79. The van der Waals surface area contributed by atoms with Crippen LogP contribution in [0.25, 0.3) is 0 Å². The number of benzene rings is 1. The highest BCUT2D eigenvalue weighted by molar-refractivity contribution is 7.91. The SMILES string of the molecule is O=C(O)[C@H](O)[C@@H](O)CS(=O)(=O)c1cccc(C(F)(F)F)c1. The summed E-state index contributed by atoms with van der Waals surface area (Å²) < 4.78 is 61.1. The molecular formula is C11H11F3O6S. The highest BCUT2D eigenvalue weighted by atomic mass is 32.2. The molecule has 21 heavy (non-hydrogen) atoms. The van der Waals surface area contributed by atoms with E-state index in [1.54, 1.807) is 0 Å². The van der Waals surface area contributed by atoms with E-state index in [2.05, 4.69) is 0 Å². The fraction of sp³-hybridized carbons (Fsp3) is 0.364. The highest BCUT2D eigenvalue weighted by Crippen LogP contribution is 2.30. The van der Waals surface area contributed by atoms with Crippen LogP contribution in [0.4, 0.5) is 13.2 Å². The molecule has 6 nitrogen and oxygen atoms in total. The molecule has 0 aromatic heterocycles. The number of carboxylic acid groups (broad SMARTS) is 1. The zero-order valence-electron chi connectivity index (χ0n) is 10.3. The molecule has 0 amide bonds. The third-order valence-electron chi connectivity index (χ3n) is 2.53. The molecule has 0 aliphatic heterocycles. The summed E-state index contributed by atoms with van der Waals surface area (Å²) in [7, 11) is -4.39. The predicted octanol–water partition coefficient (Wildman–Crippen LogP) is 0.285. The number of alkyl halides is 3. The van der Waals surface area contributed by atoms with Crippen molar-refractivity contribution in [2.75, 3.05) is 5.75 Å². The van der Waals surface area contributed by atoms with Gasteiger partial charge in [0.2, 0.25) is 0 Å². The molecule has 1 aromatic carbocycles. The van der Waals surface area contributed by atoms with E-state index in [-0.39, 0.29) is 0 Å². The molecule has 118 valence electrons. The molecule has 0 aliphatic carbocycles. The maximum atomic E-state index is 12.5. The van der Waals surface area contributed by atoms with Crippen molar-refractivity contribution in [3.8, 4) is 0 Å². The van der Waals surface area contributed by atoms with Gasteiger partial charge in [0.25, 0.3) is 0 Å². The summed E-state index contributed by atoms with van der Waals surface area (Å²) in [5, 5.41) is 26.7. The molecule has 0 fully saturated rings. The van der Waals surface area contributed by atoms with Crippen molar-refractivity contribution in [1.29, 1.82) is 0 Å². The first-order chi connectivity index (χ1) is 9.45. The van der Waals surface area contributed by atoms with E-state index in [1.807, 2.05) is 0 Å². The van der Waals surface area contributed by atoms with Crippen molar-refractivity contribution in [2.24, 2.45) is 0 Å². The summed E-state index contributed by atoms with van der Waals surface area (Å²) in [6.07, 6.45) is -9.27. The van der Waals surface area contributed by atoms with Crippen LogP contribution < -0.4 is 0 Å². The van der Waals surface area contributed by atoms with Crippen molar-refractivity contribution in [3.63, 3.8) is 0 Å². The van der Waals surface area contributed by atoms with Crippen molar-refractivity contribution in [1.82, 2.24) is 0 Å². The van der Waals surface area contributed by atoms with Gasteiger partial charge in [0.15, 0.2) is 15.9 Å². The van der Waals surface area contributed by atoms with Gasteiger partial charge >= 0.3 is 12.1 Å². The van der Waals surface area contributed by atoms with Crippen molar-refractivity contribution in [3.05, 3.63) is 29.8 Å². The number of carboxylic acids is 1. The number of aliphatic hydroxyl groups excluding tert-OH is 2. The number of rotatable bonds is 5. The second-order valence-corrected chi connectivity index (χ2v) is 6.19. The number of carbonyl (C=O) groups is 1. The van der Waals surface area contributed by atoms with E-state index in [0.29, 0.717) is 12.1 Å². The molecule has 0 heterocycles. The normalized spacial score (nSPS) is 15.5. The Hall–Kier alpha value is -1.65. The third kappa shape index (κ3) is 4.41. The number of sulfone groups is 1. The van der Waals surface area contributed by atoms with Crippen molar-refractivity contribution >= 4 is 15.8 Å². The quantitative estimate of drug-likeness (QED) is 0.716. The Kier molecular flexibility index (Phi) is 4.97. The fourth-order valence-corrected chi connectivity index (χ4v) is 2.86. The second-order valence-electron chi connectivity index (χ2n) is 4.16. The average molecular weight is 328 g/mol. The van der Waals surface area contributed by atoms with Gasteiger partial charge in [-0.2, -0.15) is 13.2 Å². The Morgan fingerprint density at radius 2 is 1.81 bits per heavy atom. The standard InChI is InChI=1S/C11H11F3O6S/c12-11(13,14)6-2-1-3-7(4-6)21(19,20)5-8(15)9(16)10(17)18/h1-4,8-9,15-16H,5H2,(H,17,18)/t8-,9+/m0/s1. The molecule has 0 saturated heterocycles. The lowest BCUT2D eigenvalue weighted by Crippen LogP contribution is -2.38. The smallest absolute Gasteiger partial charge is 0.416 e.